The second kappa shape index (κ2) is 4.24. The Labute approximate surface area is 85.2 Å². The van der Waals surface area contributed by atoms with E-state index in [9.17, 15) is 0 Å². The summed E-state index contributed by atoms with van der Waals surface area (Å²) in [4.78, 5) is 0. The Morgan fingerprint density at radius 3 is 2.62 bits per heavy atom. The van der Waals surface area contributed by atoms with Gasteiger partial charge in [-0.25, -0.2) is 0 Å². The molecule has 0 saturated carbocycles. The van der Waals surface area contributed by atoms with Crippen LogP contribution in [0.15, 0.2) is 0 Å². The number of hydrogen-bond acceptors (Lipinski definition) is 2. The van der Waals surface area contributed by atoms with Crippen molar-refractivity contribution in [2.45, 2.75) is 38.8 Å². The van der Waals surface area contributed by atoms with E-state index in [0.717, 1.165) is 24.7 Å². The largest absolute Gasteiger partial charge is 0.379 e. The molecule has 1 heterocycles. The lowest BCUT2D eigenvalue weighted by Gasteiger charge is -2.24. The summed E-state index contributed by atoms with van der Waals surface area (Å²) in [5, 5.41) is 7.17. The van der Waals surface area contributed by atoms with Crippen LogP contribution in [-0.4, -0.2) is 29.9 Å². The van der Waals surface area contributed by atoms with Crippen LogP contribution in [0.3, 0.4) is 0 Å². The summed E-state index contributed by atoms with van der Waals surface area (Å²) in [6.07, 6.45) is 1.05. The predicted octanol–water partition coefficient (Wildman–Crippen LogP) is 1.04. The monoisotopic (exact) mass is 202 g/mol. The molecule has 1 aliphatic rings. The van der Waals surface area contributed by atoms with E-state index in [-0.39, 0.29) is 5.54 Å². The van der Waals surface area contributed by atoms with Crippen LogP contribution in [0.5, 0.6) is 0 Å². The van der Waals surface area contributed by atoms with Crippen molar-refractivity contribution in [2.75, 3.05) is 13.2 Å². The van der Waals surface area contributed by atoms with Crippen LogP contribution >= 0.6 is 12.2 Å². The van der Waals surface area contributed by atoms with Gasteiger partial charge in [-0.15, -0.1) is 0 Å². The molecule has 0 aliphatic carbocycles. The van der Waals surface area contributed by atoms with Gasteiger partial charge in [0.2, 0.25) is 0 Å². The standard InChI is InChI=1S/C9H18N2OS/c1-9(2,3)11-8(13)10-7-4-5-12-6-7/h7H,4-6H2,1-3H3,(H2,10,11,13). The number of hydrogen-bond donors (Lipinski definition) is 2. The van der Waals surface area contributed by atoms with Crippen molar-refractivity contribution in [3.8, 4) is 0 Å². The maximum atomic E-state index is 5.24. The van der Waals surface area contributed by atoms with Gasteiger partial charge in [0.15, 0.2) is 5.11 Å². The molecule has 4 heteroatoms. The molecule has 1 rings (SSSR count). The lowest BCUT2D eigenvalue weighted by molar-refractivity contribution is 0.192. The SMILES string of the molecule is CC(C)(C)NC(=S)NC1CCOC1. The molecule has 1 atom stereocenters. The first kappa shape index (κ1) is 10.7. The van der Waals surface area contributed by atoms with Crippen LogP contribution < -0.4 is 10.6 Å². The van der Waals surface area contributed by atoms with E-state index in [4.69, 9.17) is 17.0 Å². The molecular weight excluding hydrogens is 184 g/mol. The van der Waals surface area contributed by atoms with E-state index in [1.165, 1.54) is 0 Å². The Hall–Kier alpha value is -0.350. The fourth-order valence-corrected chi connectivity index (χ4v) is 1.68. The number of nitrogens with one attached hydrogen (secondary N) is 2. The Morgan fingerprint density at radius 2 is 2.15 bits per heavy atom. The zero-order valence-corrected chi connectivity index (χ0v) is 9.33. The summed E-state index contributed by atoms with van der Waals surface area (Å²) in [7, 11) is 0. The normalized spacial score (nSPS) is 22.8. The smallest absolute Gasteiger partial charge is 0.166 e. The van der Waals surface area contributed by atoms with E-state index >= 15 is 0 Å². The molecule has 1 fully saturated rings. The maximum Gasteiger partial charge on any atom is 0.166 e. The molecular formula is C9H18N2OS. The van der Waals surface area contributed by atoms with Gasteiger partial charge in [-0.2, -0.15) is 0 Å². The average Bonchev–Trinajstić information content (AvgIpc) is 2.34. The first-order valence-electron chi connectivity index (χ1n) is 4.64. The van der Waals surface area contributed by atoms with E-state index in [2.05, 4.69) is 31.4 Å². The summed E-state index contributed by atoms with van der Waals surface area (Å²) >= 11 is 5.16. The first-order chi connectivity index (χ1) is 5.97. The summed E-state index contributed by atoms with van der Waals surface area (Å²) in [6, 6.07) is 0.391. The summed E-state index contributed by atoms with van der Waals surface area (Å²) in [5.41, 5.74) is 0.0313. The summed E-state index contributed by atoms with van der Waals surface area (Å²) in [6.45, 7) is 7.88. The topological polar surface area (TPSA) is 33.3 Å². The van der Waals surface area contributed by atoms with E-state index in [1.807, 2.05) is 0 Å². The molecule has 0 aromatic carbocycles. The van der Waals surface area contributed by atoms with Crippen molar-refractivity contribution in [3.63, 3.8) is 0 Å². The fraction of sp³-hybridized carbons (Fsp3) is 0.889. The second-order valence-electron chi connectivity index (χ2n) is 4.41. The molecule has 3 nitrogen and oxygen atoms in total. The molecule has 1 saturated heterocycles. The molecule has 0 spiro atoms. The first-order valence-corrected chi connectivity index (χ1v) is 5.04. The summed E-state index contributed by atoms with van der Waals surface area (Å²) in [5.74, 6) is 0. The van der Waals surface area contributed by atoms with Gasteiger partial charge in [0.1, 0.15) is 0 Å². The summed E-state index contributed by atoms with van der Waals surface area (Å²) < 4.78 is 5.24. The molecule has 13 heavy (non-hydrogen) atoms. The van der Waals surface area contributed by atoms with Gasteiger partial charge in [0.25, 0.3) is 0 Å². The van der Waals surface area contributed by atoms with Crippen LogP contribution in [0.1, 0.15) is 27.2 Å². The maximum absolute atomic E-state index is 5.24. The second-order valence-corrected chi connectivity index (χ2v) is 4.82. The van der Waals surface area contributed by atoms with Crippen molar-refractivity contribution in [1.29, 1.82) is 0 Å². The van der Waals surface area contributed by atoms with Crippen molar-refractivity contribution in [2.24, 2.45) is 0 Å². The highest BCUT2D eigenvalue weighted by Gasteiger charge is 2.18. The van der Waals surface area contributed by atoms with Gasteiger partial charge in [-0.05, 0) is 39.4 Å². The van der Waals surface area contributed by atoms with Gasteiger partial charge in [0, 0.05) is 12.1 Å². The minimum Gasteiger partial charge on any atom is -0.379 e. The quantitative estimate of drug-likeness (QED) is 0.622. The number of ether oxygens (including phenoxy) is 1. The van der Waals surface area contributed by atoms with Crippen LogP contribution in [0.2, 0.25) is 0 Å². The Balaban J connectivity index is 2.24. The molecule has 0 bridgehead atoms. The van der Waals surface area contributed by atoms with E-state index < -0.39 is 0 Å². The molecule has 76 valence electrons. The third kappa shape index (κ3) is 4.43. The Bertz CT molecular complexity index is 183. The van der Waals surface area contributed by atoms with Crippen LogP contribution in [-0.2, 0) is 4.74 Å². The minimum absolute atomic E-state index is 0.0313. The lowest BCUT2D eigenvalue weighted by atomic mass is 10.1. The van der Waals surface area contributed by atoms with Gasteiger partial charge >= 0.3 is 0 Å². The average molecular weight is 202 g/mol. The number of thiocarbonyl (C=S) groups is 1. The van der Waals surface area contributed by atoms with Crippen LogP contribution in [0, 0.1) is 0 Å². The molecule has 0 radical (unpaired) electrons. The molecule has 0 aromatic rings. The highest BCUT2D eigenvalue weighted by atomic mass is 32.1. The molecule has 0 amide bonds. The third-order valence-corrected chi connectivity index (χ3v) is 1.97. The van der Waals surface area contributed by atoms with Crippen molar-refractivity contribution >= 4 is 17.3 Å². The molecule has 1 unspecified atom stereocenters. The van der Waals surface area contributed by atoms with E-state index in [1.54, 1.807) is 0 Å². The molecule has 0 aromatic heterocycles. The highest BCUT2D eigenvalue weighted by molar-refractivity contribution is 7.80. The van der Waals surface area contributed by atoms with Gasteiger partial charge < -0.3 is 15.4 Å². The minimum atomic E-state index is 0.0313. The zero-order valence-electron chi connectivity index (χ0n) is 8.52. The van der Waals surface area contributed by atoms with Gasteiger partial charge in [-0.1, -0.05) is 0 Å². The third-order valence-electron chi connectivity index (χ3n) is 1.75. The van der Waals surface area contributed by atoms with Crippen molar-refractivity contribution in [1.82, 2.24) is 10.6 Å². The van der Waals surface area contributed by atoms with Crippen LogP contribution in [0.25, 0.3) is 0 Å². The molecule has 1 aliphatic heterocycles. The van der Waals surface area contributed by atoms with Crippen molar-refractivity contribution < 1.29 is 4.74 Å². The Kier molecular flexibility index (Phi) is 3.50. The van der Waals surface area contributed by atoms with Crippen molar-refractivity contribution in [3.05, 3.63) is 0 Å². The lowest BCUT2D eigenvalue weighted by Crippen LogP contribution is -2.49. The highest BCUT2D eigenvalue weighted by Crippen LogP contribution is 2.04. The Morgan fingerprint density at radius 1 is 1.46 bits per heavy atom. The van der Waals surface area contributed by atoms with Gasteiger partial charge in [0.05, 0.1) is 12.6 Å². The fourth-order valence-electron chi connectivity index (χ4n) is 1.21. The van der Waals surface area contributed by atoms with Crippen LogP contribution in [0.4, 0.5) is 0 Å². The number of rotatable bonds is 1. The van der Waals surface area contributed by atoms with E-state index in [0.29, 0.717) is 6.04 Å². The predicted molar refractivity (Wildman–Crippen MR) is 57.8 cm³/mol. The zero-order chi connectivity index (χ0) is 9.90. The molecule has 2 N–H and O–H groups in total. The van der Waals surface area contributed by atoms with Gasteiger partial charge in [-0.3, -0.25) is 0 Å².